The average molecular weight is 1380 g/mol. The lowest BCUT2D eigenvalue weighted by atomic mass is 9.97. The van der Waals surface area contributed by atoms with E-state index in [1.807, 2.05) is 6.08 Å². The molecule has 98 heavy (non-hydrogen) atoms. The van der Waals surface area contributed by atoms with Crippen LogP contribution in [0.4, 0.5) is 0 Å². The molecule has 568 valence electrons. The summed E-state index contributed by atoms with van der Waals surface area (Å²) in [5.41, 5.74) is 0. The molecule has 2 rings (SSSR count). The Bertz CT molecular complexity index is 2020. The van der Waals surface area contributed by atoms with Crippen molar-refractivity contribution in [3.63, 3.8) is 0 Å². The summed E-state index contributed by atoms with van der Waals surface area (Å²) in [5, 5.41) is 87.7. The van der Waals surface area contributed by atoms with E-state index in [0.717, 1.165) is 83.5 Å². The maximum atomic E-state index is 13.4. The van der Waals surface area contributed by atoms with Crippen molar-refractivity contribution in [1.82, 2.24) is 5.32 Å². The highest BCUT2D eigenvalue weighted by atomic mass is 16.7. The normalized spacial score (nSPS) is 22.6. The highest BCUT2D eigenvalue weighted by Gasteiger charge is 2.51. The van der Waals surface area contributed by atoms with E-state index in [0.29, 0.717) is 6.42 Å². The van der Waals surface area contributed by atoms with E-state index in [-0.39, 0.29) is 18.9 Å². The number of ether oxygens (including phenoxy) is 4. The quantitative estimate of drug-likeness (QED) is 0.0204. The Morgan fingerprint density at radius 3 is 1.08 bits per heavy atom. The van der Waals surface area contributed by atoms with Crippen LogP contribution < -0.4 is 5.32 Å². The Morgan fingerprint density at radius 2 is 0.704 bits per heavy atom. The second-order valence-corrected chi connectivity index (χ2v) is 28.2. The molecule has 0 aromatic heterocycles. The molecule has 0 spiro atoms. The van der Waals surface area contributed by atoms with Gasteiger partial charge in [-0.25, -0.2) is 0 Å². The van der Waals surface area contributed by atoms with Crippen molar-refractivity contribution in [1.29, 1.82) is 0 Å². The number of nitrogens with one attached hydrogen (secondary N) is 1. The Morgan fingerprint density at radius 1 is 0.378 bits per heavy atom. The van der Waals surface area contributed by atoms with E-state index >= 15 is 0 Å². The van der Waals surface area contributed by atoms with Crippen LogP contribution in [0.15, 0.2) is 97.2 Å². The van der Waals surface area contributed by atoms with Gasteiger partial charge in [-0.05, 0) is 77.0 Å². The third-order valence-corrected chi connectivity index (χ3v) is 19.3. The molecule has 2 aliphatic rings. The minimum absolute atomic E-state index is 0.236. The fourth-order valence-electron chi connectivity index (χ4n) is 12.9. The summed E-state index contributed by atoms with van der Waals surface area (Å²) in [4.78, 5) is 13.4. The molecule has 2 saturated heterocycles. The molecule has 0 aromatic carbocycles. The molecule has 1 amide bonds. The van der Waals surface area contributed by atoms with Crippen molar-refractivity contribution in [2.24, 2.45) is 0 Å². The first-order valence-electron chi connectivity index (χ1n) is 40.5. The fourth-order valence-corrected chi connectivity index (χ4v) is 12.9. The van der Waals surface area contributed by atoms with E-state index in [1.165, 1.54) is 225 Å². The van der Waals surface area contributed by atoms with Crippen LogP contribution in [-0.4, -0.2) is 140 Å². The number of amides is 1. The molecule has 0 bridgehead atoms. The topological polar surface area (TPSA) is 228 Å². The van der Waals surface area contributed by atoms with Crippen molar-refractivity contribution in [2.75, 3.05) is 19.8 Å². The van der Waals surface area contributed by atoms with Crippen LogP contribution in [0.25, 0.3) is 0 Å². The Hall–Kier alpha value is -3.09. The summed E-state index contributed by atoms with van der Waals surface area (Å²) >= 11 is 0. The van der Waals surface area contributed by atoms with Crippen molar-refractivity contribution in [3.8, 4) is 0 Å². The third kappa shape index (κ3) is 49.5. The molecule has 12 atom stereocenters. The summed E-state index contributed by atoms with van der Waals surface area (Å²) in [6.45, 7) is 2.73. The molecule has 12 unspecified atom stereocenters. The highest BCUT2D eigenvalue weighted by Crippen LogP contribution is 2.30. The molecule has 9 N–H and O–H groups in total. The van der Waals surface area contributed by atoms with E-state index in [2.05, 4.69) is 104 Å². The van der Waals surface area contributed by atoms with Crippen molar-refractivity contribution in [2.45, 2.75) is 408 Å². The molecular weight excluding hydrogens is 1230 g/mol. The van der Waals surface area contributed by atoms with Crippen molar-refractivity contribution >= 4 is 5.91 Å². The lowest BCUT2D eigenvalue weighted by Gasteiger charge is -2.46. The maximum Gasteiger partial charge on any atom is 0.220 e. The van der Waals surface area contributed by atoms with Gasteiger partial charge in [0.1, 0.15) is 48.8 Å². The first-order valence-corrected chi connectivity index (χ1v) is 40.5. The van der Waals surface area contributed by atoms with Gasteiger partial charge in [0.05, 0.1) is 32.0 Å². The number of unbranched alkanes of at least 4 members (excludes halogenated alkanes) is 40. The molecule has 0 saturated carbocycles. The zero-order chi connectivity index (χ0) is 70.8. The minimum atomic E-state index is -1.79. The number of hydrogen-bond donors (Lipinski definition) is 9. The Labute approximate surface area is 598 Å². The Balaban J connectivity index is 1.58. The lowest BCUT2D eigenvalue weighted by Crippen LogP contribution is -2.65. The monoisotopic (exact) mass is 1380 g/mol. The second-order valence-electron chi connectivity index (χ2n) is 28.2. The summed E-state index contributed by atoms with van der Waals surface area (Å²) in [7, 11) is 0. The third-order valence-electron chi connectivity index (χ3n) is 19.3. The first-order chi connectivity index (χ1) is 48.1. The van der Waals surface area contributed by atoms with Crippen LogP contribution in [0.3, 0.4) is 0 Å². The van der Waals surface area contributed by atoms with Crippen LogP contribution in [-0.2, 0) is 23.7 Å². The van der Waals surface area contributed by atoms with Gasteiger partial charge >= 0.3 is 0 Å². The van der Waals surface area contributed by atoms with Gasteiger partial charge in [-0.15, -0.1) is 0 Å². The summed E-state index contributed by atoms with van der Waals surface area (Å²) in [5.74, 6) is -0.236. The molecule has 0 radical (unpaired) electrons. The van der Waals surface area contributed by atoms with Crippen LogP contribution in [0.5, 0.6) is 0 Å². The lowest BCUT2D eigenvalue weighted by molar-refractivity contribution is -0.359. The second kappa shape index (κ2) is 67.1. The van der Waals surface area contributed by atoms with Crippen LogP contribution >= 0.6 is 0 Å². The van der Waals surface area contributed by atoms with Crippen LogP contribution in [0, 0.1) is 0 Å². The summed E-state index contributed by atoms with van der Waals surface area (Å²) in [6, 6.07) is -0.919. The summed E-state index contributed by atoms with van der Waals surface area (Å²) < 4.78 is 22.9. The largest absolute Gasteiger partial charge is 0.394 e. The van der Waals surface area contributed by atoms with Gasteiger partial charge in [-0.1, -0.05) is 349 Å². The molecule has 14 heteroatoms. The zero-order valence-electron chi connectivity index (χ0n) is 62.3. The van der Waals surface area contributed by atoms with Gasteiger partial charge in [0.2, 0.25) is 5.91 Å². The van der Waals surface area contributed by atoms with Crippen LogP contribution in [0.1, 0.15) is 335 Å². The molecule has 14 nitrogen and oxygen atoms in total. The number of hydrogen-bond acceptors (Lipinski definition) is 13. The predicted molar refractivity (Wildman–Crippen MR) is 406 cm³/mol. The number of aliphatic hydroxyl groups excluding tert-OH is 8. The van der Waals surface area contributed by atoms with E-state index in [4.69, 9.17) is 18.9 Å². The van der Waals surface area contributed by atoms with E-state index < -0.39 is 86.8 Å². The van der Waals surface area contributed by atoms with E-state index in [9.17, 15) is 45.6 Å². The number of allylic oxidation sites excluding steroid dienone is 15. The molecule has 2 heterocycles. The first kappa shape index (κ1) is 91.0. The summed E-state index contributed by atoms with van der Waals surface area (Å²) in [6.07, 6.45) is 79.1. The van der Waals surface area contributed by atoms with Gasteiger partial charge in [0.25, 0.3) is 0 Å². The Kier molecular flexibility index (Phi) is 62.3. The molecule has 0 aromatic rings. The van der Waals surface area contributed by atoms with Gasteiger partial charge < -0.3 is 65.1 Å². The maximum absolute atomic E-state index is 13.4. The smallest absolute Gasteiger partial charge is 0.220 e. The zero-order valence-corrected chi connectivity index (χ0v) is 62.3. The molecule has 0 aliphatic carbocycles. The minimum Gasteiger partial charge on any atom is -0.394 e. The average Bonchev–Trinajstić information content (AvgIpc) is 0.793. The molecule has 2 fully saturated rings. The SMILES string of the molecule is CC/C=C\C/C=C\C/C=C\C/C=C\C/C=C\C/C=C\C/C=C\CCCCCCCCCCCCCCCCCCCCCC(=O)NC(COC1OC(CO)C(OC2OC(CO)C(O)C(O)C2O)C(O)C1O)C(O)/C=C/CCCCCCCCCCCCCCCCCCCCCCC. The van der Waals surface area contributed by atoms with Gasteiger partial charge in [-0.2, -0.15) is 0 Å². The fraction of sp³-hybridized carbons (Fsp3) is 0.798. The molecular formula is C84H149NO13. The highest BCUT2D eigenvalue weighted by molar-refractivity contribution is 5.76. The van der Waals surface area contributed by atoms with E-state index in [1.54, 1.807) is 6.08 Å². The van der Waals surface area contributed by atoms with Gasteiger partial charge in [0, 0.05) is 6.42 Å². The number of carbonyl (C=O) groups is 1. The number of aliphatic hydroxyl groups is 8. The molecule has 2 aliphatic heterocycles. The van der Waals surface area contributed by atoms with Crippen LogP contribution in [0.2, 0.25) is 0 Å². The predicted octanol–water partition coefficient (Wildman–Crippen LogP) is 18.5. The van der Waals surface area contributed by atoms with Gasteiger partial charge in [0.15, 0.2) is 12.6 Å². The van der Waals surface area contributed by atoms with Crippen molar-refractivity contribution in [3.05, 3.63) is 97.2 Å². The standard InChI is InChI=1S/C84H149NO13/c1-3-5-7-9-11-13-15-17-19-21-23-25-27-28-29-30-31-32-33-34-35-36-37-38-39-40-41-42-43-44-46-48-50-52-54-56-58-60-62-64-66-68-76(89)85-72(71-95-83-81(94)79(92)82(75(70-87)97-83)98-84-80(93)78(91)77(90)74(69-86)96-84)73(88)67-65-63-61-59-57-55-53-51-49-47-45-26-24-22-20-18-16-14-12-10-8-6-4-2/h5,7,11,13,17,19,23,25,28-29,31-32,34-35,65,67,72-75,77-84,86-88,90-94H,3-4,6,8-10,12,14-16,18,20-22,24,26-27,30,33,36-64,66,68-71H2,1-2H3,(H,85,89)/b7-5-,13-11-,19-17-,25-23-,29-28-,32-31-,35-34-,67-65+. The number of carbonyl (C=O) groups excluding carboxylic acids is 1. The number of rotatable bonds is 67. The van der Waals surface area contributed by atoms with Gasteiger partial charge in [-0.3, -0.25) is 4.79 Å². The van der Waals surface area contributed by atoms with Crippen molar-refractivity contribution < 1.29 is 64.6 Å².